The summed E-state index contributed by atoms with van der Waals surface area (Å²) in [6, 6.07) is 7.06. The Labute approximate surface area is 152 Å². The maximum absolute atomic E-state index is 12.1. The van der Waals surface area contributed by atoms with Gasteiger partial charge in [-0.2, -0.15) is 0 Å². The summed E-state index contributed by atoms with van der Waals surface area (Å²) < 4.78 is 5.68. The molecule has 1 unspecified atom stereocenters. The number of ether oxygens (including phenoxy) is 1. The number of morpholine rings is 1. The summed E-state index contributed by atoms with van der Waals surface area (Å²) in [5, 5.41) is 12.2. The Morgan fingerprint density at radius 1 is 1.48 bits per heavy atom. The number of hydrogen-bond donors (Lipinski definition) is 2. The van der Waals surface area contributed by atoms with Gasteiger partial charge in [-0.15, -0.1) is 0 Å². The molecular formula is C17H24ClN3O4. The minimum absolute atomic E-state index is 0.0120. The molecule has 2 N–H and O–H groups in total. The van der Waals surface area contributed by atoms with Crippen LogP contribution in [0.2, 0.25) is 5.02 Å². The first-order valence-electron chi connectivity index (χ1n) is 8.22. The third-order valence-electron chi connectivity index (χ3n) is 3.91. The fourth-order valence-corrected chi connectivity index (χ4v) is 2.98. The van der Waals surface area contributed by atoms with Gasteiger partial charge in [0.1, 0.15) is 0 Å². The lowest BCUT2D eigenvalue weighted by molar-refractivity contribution is -0.138. The van der Waals surface area contributed by atoms with Crippen LogP contribution in [0.5, 0.6) is 0 Å². The summed E-state index contributed by atoms with van der Waals surface area (Å²) in [4.78, 5) is 26.7. The van der Waals surface area contributed by atoms with E-state index < -0.39 is 5.97 Å². The molecule has 1 saturated heterocycles. The van der Waals surface area contributed by atoms with Crippen molar-refractivity contribution < 1.29 is 19.4 Å². The van der Waals surface area contributed by atoms with E-state index in [2.05, 4.69) is 10.2 Å². The van der Waals surface area contributed by atoms with Crippen molar-refractivity contribution >= 4 is 29.2 Å². The van der Waals surface area contributed by atoms with E-state index in [9.17, 15) is 9.59 Å². The number of nitrogens with zero attached hydrogens (tertiary/aromatic N) is 2. The number of carbonyl (C=O) groups excluding carboxylic acids is 1. The van der Waals surface area contributed by atoms with Gasteiger partial charge in [0.2, 0.25) is 5.91 Å². The van der Waals surface area contributed by atoms with Crippen LogP contribution >= 0.6 is 11.6 Å². The first-order chi connectivity index (χ1) is 11.9. The number of nitrogens with one attached hydrogen (secondary N) is 1. The molecular weight excluding hydrogens is 346 g/mol. The largest absolute Gasteiger partial charge is 0.480 e. The number of carboxylic acids is 1. The Balaban J connectivity index is 1.72. The van der Waals surface area contributed by atoms with Crippen molar-refractivity contribution in [1.29, 1.82) is 0 Å². The number of aliphatic carboxylic acids is 1. The molecule has 0 radical (unpaired) electrons. The predicted molar refractivity (Wildman–Crippen MR) is 96.0 cm³/mol. The van der Waals surface area contributed by atoms with Crippen LogP contribution < -0.4 is 5.32 Å². The van der Waals surface area contributed by atoms with Gasteiger partial charge in [0.05, 0.1) is 19.3 Å². The number of carboxylic acid groups (broad SMARTS) is 1. The van der Waals surface area contributed by atoms with Gasteiger partial charge in [-0.05, 0) is 25.2 Å². The molecule has 1 heterocycles. The number of rotatable bonds is 8. The summed E-state index contributed by atoms with van der Waals surface area (Å²) in [6.07, 6.45) is 0.332. The maximum Gasteiger partial charge on any atom is 0.317 e. The minimum Gasteiger partial charge on any atom is -0.480 e. The number of carbonyl (C=O) groups is 2. The van der Waals surface area contributed by atoms with Gasteiger partial charge in [-0.1, -0.05) is 17.7 Å². The first kappa shape index (κ1) is 19.7. The quantitative estimate of drug-likeness (QED) is 0.720. The van der Waals surface area contributed by atoms with Crippen LogP contribution in [0.25, 0.3) is 0 Å². The average Bonchev–Trinajstić information content (AvgIpc) is 2.52. The molecule has 0 spiro atoms. The molecule has 1 aromatic carbocycles. The van der Waals surface area contributed by atoms with Crippen molar-refractivity contribution in [3.63, 3.8) is 0 Å². The SMILES string of the molecule is CN(CC(=O)O)CC1CN(CCC(=O)Nc2cccc(Cl)c2)CCO1. The van der Waals surface area contributed by atoms with E-state index in [1.807, 2.05) is 0 Å². The predicted octanol–water partition coefficient (Wildman–Crippen LogP) is 1.39. The monoisotopic (exact) mass is 369 g/mol. The average molecular weight is 370 g/mol. The Kier molecular flexibility index (Phi) is 7.64. The molecule has 1 atom stereocenters. The second-order valence-electron chi connectivity index (χ2n) is 6.19. The summed E-state index contributed by atoms with van der Waals surface area (Å²) in [6.45, 7) is 3.22. The number of benzene rings is 1. The van der Waals surface area contributed by atoms with Crippen LogP contribution in [-0.4, -0.2) is 79.3 Å². The fraction of sp³-hybridized carbons (Fsp3) is 0.529. The van der Waals surface area contributed by atoms with Gasteiger partial charge >= 0.3 is 5.97 Å². The highest BCUT2D eigenvalue weighted by Crippen LogP contribution is 2.15. The van der Waals surface area contributed by atoms with Gasteiger partial charge < -0.3 is 15.2 Å². The van der Waals surface area contributed by atoms with E-state index in [0.717, 1.165) is 6.54 Å². The standard InChI is InChI=1S/C17H24ClN3O4/c1-20(12-17(23)24)10-15-11-21(7-8-25-15)6-5-16(22)19-14-4-2-3-13(18)9-14/h2-4,9,15H,5-8,10-12H2,1H3,(H,19,22)(H,23,24). The minimum atomic E-state index is -0.854. The number of likely N-dealkylation sites (N-methyl/N-ethyl adjacent to an activating group) is 1. The van der Waals surface area contributed by atoms with Gasteiger partial charge in [0.25, 0.3) is 0 Å². The Hall–Kier alpha value is -1.67. The molecule has 7 nitrogen and oxygen atoms in total. The molecule has 138 valence electrons. The van der Waals surface area contributed by atoms with E-state index in [1.165, 1.54) is 0 Å². The second kappa shape index (κ2) is 9.72. The highest BCUT2D eigenvalue weighted by atomic mass is 35.5. The maximum atomic E-state index is 12.1. The lowest BCUT2D eigenvalue weighted by Gasteiger charge is -2.34. The Bertz CT molecular complexity index is 599. The first-order valence-corrected chi connectivity index (χ1v) is 8.60. The van der Waals surface area contributed by atoms with E-state index in [1.54, 1.807) is 36.2 Å². The highest BCUT2D eigenvalue weighted by molar-refractivity contribution is 6.30. The molecule has 0 aliphatic carbocycles. The number of anilines is 1. The fourth-order valence-electron chi connectivity index (χ4n) is 2.79. The number of hydrogen-bond acceptors (Lipinski definition) is 5. The third-order valence-corrected chi connectivity index (χ3v) is 4.14. The molecule has 1 aliphatic heterocycles. The van der Waals surface area contributed by atoms with Gasteiger partial charge in [0.15, 0.2) is 0 Å². The summed E-state index contributed by atoms with van der Waals surface area (Å²) in [5.41, 5.74) is 0.688. The zero-order valence-corrected chi connectivity index (χ0v) is 15.0. The van der Waals surface area contributed by atoms with Crippen molar-refractivity contribution in [3.05, 3.63) is 29.3 Å². The normalized spacial score (nSPS) is 18.3. The molecule has 1 amide bonds. The van der Waals surface area contributed by atoms with Crippen molar-refractivity contribution in [2.24, 2.45) is 0 Å². The van der Waals surface area contributed by atoms with Crippen LogP contribution in [0, 0.1) is 0 Å². The van der Waals surface area contributed by atoms with E-state index in [4.69, 9.17) is 21.4 Å². The molecule has 0 aromatic heterocycles. The third kappa shape index (κ3) is 7.39. The molecule has 25 heavy (non-hydrogen) atoms. The second-order valence-corrected chi connectivity index (χ2v) is 6.63. The zero-order valence-electron chi connectivity index (χ0n) is 14.3. The Morgan fingerprint density at radius 3 is 3.00 bits per heavy atom. The van der Waals surface area contributed by atoms with E-state index in [0.29, 0.717) is 43.4 Å². The van der Waals surface area contributed by atoms with Crippen LogP contribution in [0.1, 0.15) is 6.42 Å². The van der Waals surface area contributed by atoms with E-state index in [-0.39, 0.29) is 18.6 Å². The molecule has 8 heteroatoms. The summed E-state index contributed by atoms with van der Waals surface area (Å²) in [7, 11) is 1.76. The van der Waals surface area contributed by atoms with Crippen molar-refractivity contribution in [1.82, 2.24) is 9.80 Å². The molecule has 0 bridgehead atoms. The van der Waals surface area contributed by atoms with Gasteiger partial charge in [-0.3, -0.25) is 19.4 Å². The molecule has 2 rings (SSSR count). The molecule has 1 aliphatic rings. The smallest absolute Gasteiger partial charge is 0.317 e. The van der Waals surface area contributed by atoms with Gasteiger partial charge in [0, 0.05) is 43.3 Å². The summed E-state index contributed by atoms with van der Waals surface area (Å²) >= 11 is 5.90. The van der Waals surface area contributed by atoms with Crippen molar-refractivity contribution in [2.75, 3.05) is 51.7 Å². The molecule has 1 fully saturated rings. The topological polar surface area (TPSA) is 82.1 Å². The van der Waals surface area contributed by atoms with Crippen LogP contribution in [0.4, 0.5) is 5.69 Å². The molecule has 1 aromatic rings. The van der Waals surface area contributed by atoms with Crippen molar-refractivity contribution in [3.8, 4) is 0 Å². The Morgan fingerprint density at radius 2 is 2.28 bits per heavy atom. The lowest BCUT2D eigenvalue weighted by Crippen LogP contribution is -2.48. The van der Waals surface area contributed by atoms with Crippen LogP contribution in [-0.2, 0) is 14.3 Å². The van der Waals surface area contributed by atoms with E-state index >= 15 is 0 Å². The van der Waals surface area contributed by atoms with Crippen LogP contribution in [0.15, 0.2) is 24.3 Å². The number of halogens is 1. The zero-order chi connectivity index (χ0) is 18.2. The van der Waals surface area contributed by atoms with Crippen LogP contribution in [0.3, 0.4) is 0 Å². The summed E-state index contributed by atoms with van der Waals surface area (Å²) in [5.74, 6) is -0.916. The number of amides is 1. The highest BCUT2D eigenvalue weighted by Gasteiger charge is 2.22. The lowest BCUT2D eigenvalue weighted by atomic mass is 10.2. The van der Waals surface area contributed by atoms with Gasteiger partial charge in [-0.25, -0.2) is 0 Å². The molecule has 0 saturated carbocycles. The van der Waals surface area contributed by atoms with Crippen molar-refractivity contribution in [2.45, 2.75) is 12.5 Å².